The number of sulfonamides is 1. The number of amides is 1. The summed E-state index contributed by atoms with van der Waals surface area (Å²) in [4.78, 5) is 14.7. The summed E-state index contributed by atoms with van der Waals surface area (Å²) in [5.41, 5.74) is 2.35. The maximum absolute atomic E-state index is 12.4. The number of carbonyl (C=O) groups is 1. The van der Waals surface area contributed by atoms with Gasteiger partial charge in [0, 0.05) is 18.3 Å². The van der Waals surface area contributed by atoms with E-state index in [0.717, 1.165) is 36.2 Å². The molecule has 0 saturated heterocycles. The van der Waals surface area contributed by atoms with E-state index in [-0.39, 0.29) is 11.9 Å². The molecule has 1 amide bonds. The van der Waals surface area contributed by atoms with Crippen molar-refractivity contribution in [1.82, 2.24) is 10.2 Å². The normalized spacial score (nSPS) is 12.7. The first-order valence-corrected chi connectivity index (χ1v) is 12.1. The van der Waals surface area contributed by atoms with Gasteiger partial charge in [0.05, 0.1) is 19.4 Å². The molecular formula is C23H31N3O4S. The van der Waals surface area contributed by atoms with E-state index in [2.05, 4.69) is 28.8 Å². The molecule has 0 fully saturated rings. The lowest BCUT2D eigenvalue weighted by Gasteiger charge is -2.30. The molecule has 2 aromatic carbocycles. The SMILES string of the molecule is CCN(CC)C(CNC(=O)/C=C/c1ccc(NS(C)(=O)=O)cc1)c1cccc(OC)c1. The summed E-state index contributed by atoms with van der Waals surface area (Å²) in [7, 11) is -1.67. The van der Waals surface area contributed by atoms with Gasteiger partial charge in [-0.15, -0.1) is 0 Å². The van der Waals surface area contributed by atoms with E-state index in [9.17, 15) is 13.2 Å². The first-order valence-electron chi connectivity index (χ1n) is 10.2. The summed E-state index contributed by atoms with van der Waals surface area (Å²) in [6, 6.07) is 14.7. The van der Waals surface area contributed by atoms with E-state index in [1.54, 1.807) is 37.5 Å². The van der Waals surface area contributed by atoms with Crippen LogP contribution in [0.4, 0.5) is 5.69 Å². The van der Waals surface area contributed by atoms with E-state index in [0.29, 0.717) is 12.2 Å². The van der Waals surface area contributed by atoms with Gasteiger partial charge < -0.3 is 10.1 Å². The number of benzene rings is 2. The standard InChI is InChI=1S/C23H31N3O4S/c1-5-26(6-2)22(19-8-7-9-21(16-19)30-3)17-24-23(27)15-12-18-10-13-20(14-11-18)25-31(4,28)29/h7-16,22,25H,5-6,17H2,1-4H3,(H,24,27)/b15-12+. The van der Waals surface area contributed by atoms with Crippen LogP contribution in [-0.2, 0) is 14.8 Å². The van der Waals surface area contributed by atoms with Crippen LogP contribution in [0.15, 0.2) is 54.6 Å². The van der Waals surface area contributed by atoms with Crippen LogP contribution in [0.5, 0.6) is 5.75 Å². The number of hydrogen-bond acceptors (Lipinski definition) is 5. The second kappa shape index (κ2) is 11.5. The fourth-order valence-corrected chi connectivity index (χ4v) is 3.84. The number of rotatable bonds is 11. The van der Waals surface area contributed by atoms with Crippen molar-refractivity contribution < 1.29 is 17.9 Å². The molecule has 8 heteroatoms. The Hall–Kier alpha value is -2.84. The second-order valence-corrected chi connectivity index (χ2v) is 8.84. The Morgan fingerprint density at radius 3 is 2.39 bits per heavy atom. The minimum Gasteiger partial charge on any atom is -0.497 e. The Morgan fingerprint density at radius 2 is 1.81 bits per heavy atom. The molecule has 2 N–H and O–H groups in total. The van der Waals surface area contributed by atoms with Gasteiger partial charge in [0.25, 0.3) is 0 Å². The molecule has 0 aliphatic rings. The number of nitrogens with zero attached hydrogens (tertiary/aromatic N) is 1. The van der Waals surface area contributed by atoms with Crippen LogP contribution in [-0.4, -0.2) is 52.2 Å². The number of methoxy groups -OCH3 is 1. The highest BCUT2D eigenvalue weighted by Gasteiger charge is 2.19. The van der Waals surface area contributed by atoms with Crippen LogP contribution in [0.25, 0.3) is 6.08 Å². The van der Waals surface area contributed by atoms with Gasteiger partial charge in [-0.25, -0.2) is 8.42 Å². The number of ether oxygens (including phenoxy) is 1. The summed E-state index contributed by atoms with van der Waals surface area (Å²) in [6.07, 6.45) is 4.27. The van der Waals surface area contributed by atoms with E-state index in [1.807, 2.05) is 24.3 Å². The maximum atomic E-state index is 12.4. The molecule has 1 atom stereocenters. The number of likely N-dealkylation sites (N-methyl/N-ethyl adjacent to an activating group) is 1. The molecule has 1 unspecified atom stereocenters. The minimum absolute atomic E-state index is 0.0313. The van der Waals surface area contributed by atoms with E-state index >= 15 is 0 Å². The van der Waals surface area contributed by atoms with Gasteiger partial charge in [-0.05, 0) is 54.6 Å². The number of anilines is 1. The van der Waals surface area contributed by atoms with Crippen molar-refractivity contribution in [3.05, 3.63) is 65.7 Å². The van der Waals surface area contributed by atoms with Crippen LogP contribution in [0.1, 0.15) is 31.0 Å². The smallest absolute Gasteiger partial charge is 0.244 e. The van der Waals surface area contributed by atoms with Gasteiger partial charge in [0.1, 0.15) is 5.75 Å². The van der Waals surface area contributed by atoms with Crippen molar-refractivity contribution in [2.75, 3.05) is 37.7 Å². The Bertz CT molecular complexity index is 984. The zero-order valence-corrected chi connectivity index (χ0v) is 19.3. The molecule has 0 aliphatic heterocycles. The monoisotopic (exact) mass is 445 g/mol. The van der Waals surface area contributed by atoms with Crippen molar-refractivity contribution in [3.63, 3.8) is 0 Å². The van der Waals surface area contributed by atoms with Crippen LogP contribution >= 0.6 is 0 Å². The highest BCUT2D eigenvalue weighted by Crippen LogP contribution is 2.23. The Morgan fingerprint density at radius 1 is 1.13 bits per heavy atom. The zero-order valence-electron chi connectivity index (χ0n) is 18.5. The van der Waals surface area contributed by atoms with E-state index < -0.39 is 10.0 Å². The minimum atomic E-state index is -3.31. The van der Waals surface area contributed by atoms with E-state index in [4.69, 9.17) is 4.74 Å². The largest absolute Gasteiger partial charge is 0.497 e. The number of hydrogen-bond donors (Lipinski definition) is 2. The molecule has 0 saturated carbocycles. The summed E-state index contributed by atoms with van der Waals surface area (Å²) in [5.74, 6) is 0.591. The van der Waals surface area contributed by atoms with Crippen molar-refractivity contribution in [2.24, 2.45) is 0 Å². The van der Waals surface area contributed by atoms with Crippen LogP contribution in [0, 0.1) is 0 Å². The van der Waals surface area contributed by atoms with Gasteiger partial charge >= 0.3 is 0 Å². The summed E-state index contributed by atoms with van der Waals surface area (Å²) >= 11 is 0. The zero-order chi connectivity index (χ0) is 22.9. The van der Waals surface area contributed by atoms with Crippen LogP contribution in [0.3, 0.4) is 0 Å². The average molecular weight is 446 g/mol. The summed E-state index contributed by atoms with van der Waals surface area (Å²) in [6.45, 7) is 6.38. The Kier molecular flexibility index (Phi) is 9.08. The molecule has 0 spiro atoms. The molecule has 0 bridgehead atoms. The molecular weight excluding hydrogens is 414 g/mol. The number of carbonyl (C=O) groups excluding carboxylic acids is 1. The molecule has 0 heterocycles. The van der Waals surface area contributed by atoms with Crippen molar-refractivity contribution in [1.29, 1.82) is 0 Å². The molecule has 168 valence electrons. The van der Waals surface area contributed by atoms with Gasteiger partial charge in [0.15, 0.2) is 0 Å². The van der Waals surface area contributed by atoms with E-state index in [1.165, 1.54) is 6.08 Å². The topological polar surface area (TPSA) is 87.7 Å². The highest BCUT2D eigenvalue weighted by molar-refractivity contribution is 7.92. The third-order valence-electron chi connectivity index (χ3n) is 4.84. The van der Waals surface area contributed by atoms with Crippen molar-refractivity contribution >= 4 is 27.7 Å². The first kappa shape index (κ1) is 24.4. The lowest BCUT2D eigenvalue weighted by Crippen LogP contribution is -2.37. The van der Waals surface area contributed by atoms with Gasteiger partial charge in [-0.1, -0.05) is 38.1 Å². The predicted molar refractivity (Wildman–Crippen MR) is 126 cm³/mol. The van der Waals surface area contributed by atoms with Gasteiger partial charge in [-0.3, -0.25) is 14.4 Å². The quantitative estimate of drug-likeness (QED) is 0.518. The fourth-order valence-electron chi connectivity index (χ4n) is 3.28. The lowest BCUT2D eigenvalue weighted by atomic mass is 10.0. The first-order chi connectivity index (χ1) is 14.8. The van der Waals surface area contributed by atoms with Gasteiger partial charge in [-0.2, -0.15) is 0 Å². The van der Waals surface area contributed by atoms with Gasteiger partial charge in [0.2, 0.25) is 15.9 Å². The predicted octanol–water partition coefficient (Wildman–Crippen LogP) is 3.28. The second-order valence-electron chi connectivity index (χ2n) is 7.09. The molecule has 0 aliphatic carbocycles. The van der Waals surface area contributed by atoms with Crippen molar-refractivity contribution in [2.45, 2.75) is 19.9 Å². The number of nitrogens with one attached hydrogen (secondary N) is 2. The van der Waals surface area contributed by atoms with Crippen molar-refractivity contribution in [3.8, 4) is 5.75 Å². The fraction of sp³-hybridized carbons (Fsp3) is 0.348. The highest BCUT2D eigenvalue weighted by atomic mass is 32.2. The maximum Gasteiger partial charge on any atom is 0.244 e. The molecule has 7 nitrogen and oxygen atoms in total. The van der Waals surface area contributed by atoms with Crippen LogP contribution in [0.2, 0.25) is 0 Å². The Balaban J connectivity index is 2.03. The molecule has 0 radical (unpaired) electrons. The molecule has 2 aromatic rings. The summed E-state index contributed by atoms with van der Waals surface area (Å²) < 4.78 is 30.3. The average Bonchev–Trinajstić information content (AvgIpc) is 2.75. The molecule has 0 aromatic heterocycles. The third kappa shape index (κ3) is 8.07. The third-order valence-corrected chi connectivity index (χ3v) is 5.45. The Labute approximate surface area is 185 Å². The molecule has 2 rings (SSSR count). The molecule has 31 heavy (non-hydrogen) atoms. The van der Waals surface area contributed by atoms with Crippen LogP contribution < -0.4 is 14.8 Å². The lowest BCUT2D eigenvalue weighted by molar-refractivity contribution is -0.116. The summed E-state index contributed by atoms with van der Waals surface area (Å²) in [5, 5.41) is 2.98.